The summed E-state index contributed by atoms with van der Waals surface area (Å²) in [5.74, 6) is -0.460. The molecule has 1 aromatic heterocycles. The highest BCUT2D eigenvalue weighted by atomic mass is 32.2. The number of hydrogen-bond donors (Lipinski definition) is 0. The van der Waals surface area contributed by atoms with Crippen molar-refractivity contribution in [1.29, 1.82) is 0 Å². The number of amides is 2. The SMILES string of the molecule is Cc1cccc(CN2C(=O)N(c3ccc(F)cc3)c3ncccc3S2(=O)=O)c1. The Morgan fingerprint density at radius 3 is 2.50 bits per heavy atom. The molecule has 1 aliphatic heterocycles. The minimum absolute atomic E-state index is 0.000370. The maximum absolute atomic E-state index is 13.3. The van der Waals surface area contributed by atoms with Gasteiger partial charge in [0, 0.05) is 6.20 Å². The molecular weight excluding hydrogens is 381 g/mol. The van der Waals surface area contributed by atoms with Gasteiger partial charge in [0.05, 0.1) is 12.2 Å². The maximum Gasteiger partial charge on any atom is 0.344 e. The van der Waals surface area contributed by atoms with Gasteiger partial charge in [-0.05, 0) is 48.9 Å². The van der Waals surface area contributed by atoms with Crippen molar-refractivity contribution in [2.75, 3.05) is 4.90 Å². The number of halogens is 1. The number of sulfonamides is 1. The van der Waals surface area contributed by atoms with E-state index >= 15 is 0 Å². The number of carbonyl (C=O) groups is 1. The van der Waals surface area contributed by atoms with Gasteiger partial charge in [-0.3, -0.25) is 0 Å². The number of fused-ring (bicyclic) bond motifs is 1. The summed E-state index contributed by atoms with van der Waals surface area (Å²) in [5, 5.41) is 0. The lowest BCUT2D eigenvalue weighted by Gasteiger charge is -2.35. The largest absolute Gasteiger partial charge is 0.344 e. The number of nitrogens with zero attached hydrogens (tertiary/aromatic N) is 3. The molecule has 4 rings (SSSR count). The molecule has 28 heavy (non-hydrogen) atoms. The summed E-state index contributed by atoms with van der Waals surface area (Å²) in [5.41, 5.74) is 1.97. The van der Waals surface area contributed by atoms with Crippen LogP contribution in [0.2, 0.25) is 0 Å². The van der Waals surface area contributed by atoms with E-state index in [1.165, 1.54) is 47.5 Å². The highest BCUT2D eigenvalue weighted by molar-refractivity contribution is 7.90. The van der Waals surface area contributed by atoms with Crippen LogP contribution in [0.1, 0.15) is 11.1 Å². The summed E-state index contributed by atoms with van der Waals surface area (Å²) in [6.45, 7) is 1.77. The number of urea groups is 1. The molecule has 0 N–H and O–H groups in total. The minimum Gasteiger partial charge on any atom is -0.246 e. The zero-order valence-electron chi connectivity index (χ0n) is 14.9. The molecule has 0 bridgehead atoms. The van der Waals surface area contributed by atoms with Crippen LogP contribution < -0.4 is 4.90 Å². The van der Waals surface area contributed by atoms with E-state index in [2.05, 4.69) is 4.98 Å². The highest BCUT2D eigenvalue weighted by Crippen LogP contribution is 2.38. The summed E-state index contributed by atoms with van der Waals surface area (Å²) in [6, 6.07) is 14.7. The van der Waals surface area contributed by atoms with Gasteiger partial charge in [-0.15, -0.1) is 0 Å². The van der Waals surface area contributed by atoms with Crippen LogP contribution in [0.5, 0.6) is 0 Å². The molecular formula is C20H16FN3O3S. The average Bonchev–Trinajstić information content (AvgIpc) is 2.67. The van der Waals surface area contributed by atoms with Crippen molar-refractivity contribution >= 4 is 27.6 Å². The van der Waals surface area contributed by atoms with E-state index in [4.69, 9.17) is 0 Å². The molecule has 2 heterocycles. The number of carbonyl (C=O) groups excluding carboxylic acids is 1. The van der Waals surface area contributed by atoms with E-state index in [9.17, 15) is 17.6 Å². The van der Waals surface area contributed by atoms with E-state index < -0.39 is 21.9 Å². The summed E-state index contributed by atoms with van der Waals surface area (Å²) >= 11 is 0. The van der Waals surface area contributed by atoms with Crippen molar-refractivity contribution in [3.8, 4) is 0 Å². The second-order valence-electron chi connectivity index (χ2n) is 6.42. The molecule has 8 heteroatoms. The smallest absolute Gasteiger partial charge is 0.246 e. The Balaban J connectivity index is 1.86. The molecule has 142 valence electrons. The lowest BCUT2D eigenvalue weighted by molar-refractivity contribution is 0.229. The first-order valence-electron chi connectivity index (χ1n) is 8.51. The molecule has 0 radical (unpaired) electrons. The fourth-order valence-corrected chi connectivity index (χ4v) is 4.60. The number of aromatic nitrogens is 1. The minimum atomic E-state index is -4.09. The lowest BCUT2D eigenvalue weighted by Crippen LogP contribution is -2.48. The zero-order chi connectivity index (χ0) is 19.9. The Morgan fingerprint density at radius 1 is 1.04 bits per heavy atom. The molecule has 3 aromatic rings. The van der Waals surface area contributed by atoms with Gasteiger partial charge in [-0.1, -0.05) is 29.8 Å². The third kappa shape index (κ3) is 3.01. The van der Waals surface area contributed by atoms with Crippen molar-refractivity contribution in [2.45, 2.75) is 18.4 Å². The molecule has 0 aliphatic carbocycles. The number of pyridine rings is 1. The maximum atomic E-state index is 13.3. The van der Waals surface area contributed by atoms with E-state index in [-0.39, 0.29) is 17.3 Å². The second-order valence-corrected chi connectivity index (χ2v) is 8.25. The average molecular weight is 397 g/mol. The van der Waals surface area contributed by atoms with Crippen LogP contribution >= 0.6 is 0 Å². The Labute approximate surface area is 161 Å². The zero-order valence-corrected chi connectivity index (χ0v) is 15.7. The van der Waals surface area contributed by atoms with Gasteiger partial charge in [-0.2, -0.15) is 0 Å². The van der Waals surface area contributed by atoms with E-state index in [1.807, 2.05) is 19.1 Å². The quantitative estimate of drug-likeness (QED) is 0.670. The number of hydrogen-bond acceptors (Lipinski definition) is 4. The van der Waals surface area contributed by atoms with Crippen LogP contribution in [0.15, 0.2) is 71.8 Å². The van der Waals surface area contributed by atoms with Crippen molar-refractivity contribution in [2.24, 2.45) is 0 Å². The number of anilines is 2. The fourth-order valence-electron chi connectivity index (χ4n) is 3.13. The molecule has 2 amide bonds. The lowest BCUT2D eigenvalue weighted by atomic mass is 10.1. The van der Waals surface area contributed by atoms with Crippen molar-refractivity contribution in [3.63, 3.8) is 0 Å². The predicted molar refractivity (Wildman–Crippen MR) is 102 cm³/mol. The molecule has 2 aromatic carbocycles. The van der Waals surface area contributed by atoms with Crippen molar-refractivity contribution < 1.29 is 17.6 Å². The Morgan fingerprint density at radius 2 is 1.79 bits per heavy atom. The van der Waals surface area contributed by atoms with E-state index in [0.29, 0.717) is 11.3 Å². The summed E-state index contributed by atoms with van der Waals surface area (Å²) in [6.07, 6.45) is 1.41. The Kier molecular flexibility index (Phi) is 4.35. The number of benzene rings is 2. The Hall–Kier alpha value is -3.26. The monoisotopic (exact) mass is 397 g/mol. The molecule has 0 atom stereocenters. The molecule has 6 nitrogen and oxygen atoms in total. The number of rotatable bonds is 3. The van der Waals surface area contributed by atoms with Gasteiger partial charge in [0.1, 0.15) is 10.7 Å². The first-order valence-corrected chi connectivity index (χ1v) is 9.95. The fraction of sp³-hybridized carbons (Fsp3) is 0.100. The highest BCUT2D eigenvalue weighted by Gasteiger charge is 2.43. The topological polar surface area (TPSA) is 70.6 Å². The summed E-state index contributed by atoms with van der Waals surface area (Å²) in [7, 11) is -4.09. The normalized spacial score (nSPS) is 15.4. The van der Waals surface area contributed by atoms with Crippen LogP contribution in [0.4, 0.5) is 20.7 Å². The van der Waals surface area contributed by atoms with Crippen LogP contribution in [0.25, 0.3) is 0 Å². The molecule has 0 spiro atoms. The summed E-state index contributed by atoms with van der Waals surface area (Å²) < 4.78 is 40.4. The molecule has 0 unspecified atom stereocenters. The third-order valence-electron chi connectivity index (χ3n) is 4.43. The van der Waals surface area contributed by atoms with Crippen LogP contribution in [-0.4, -0.2) is 23.7 Å². The summed E-state index contributed by atoms with van der Waals surface area (Å²) in [4.78, 5) is 18.4. The van der Waals surface area contributed by atoms with Gasteiger partial charge in [0.25, 0.3) is 10.0 Å². The van der Waals surface area contributed by atoms with Crippen LogP contribution in [0.3, 0.4) is 0 Å². The standard InChI is InChI=1S/C20H16FN3O3S/c1-14-4-2-5-15(12-14)13-23-20(25)24(17-9-7-16(21)8-10-17)19-18(28(23,26)27)6-3-11-22-19/h2-12H,13H2,1H3. The van der Waals surface area contributed by atoms with Gasteiger partial charge < -0.3 is 0 Å². The van der Waals surface area contributed by atoms with Gasteiger partial charge >= 0.3 is 6.03 Å². The van der Waals surface area contributed by atoms with E-state index in [1.54, 1.807) is 12.1 Å². The van der Waals surface area contributed by atoms with E-state index in [0.717, 1.165) is 9.87 Å². The van der Waals surface area contributed by atoms with Crippen LogP contribution in [-0.2, 0) is 16.6 Å². The molecule has 0 fully saturated rings. The predicted octanol–water partition coefficient (Wildman–Crippen LogP) is 3.99. The number of aryl methyl sites for hydroxylation is 1. The third-order valence-corrected chi connectivity index (χ3v) is 6.17. The van der Waals surface area contributed by atoms with Gasteiger partial charge in [0.15, 0.2) is 5.82 Å². The first kappa shape index (κ1) is 18.1. The van der Waals surface area contributed by atoms with Crippen molar-refractivity contribution in [3.05, 3.63) is 83.8 Å². The second kappa shape index (κ2) is 6.72. The van der Waals surface area contributed by atoms with Crippen LogP contribution in [0, 0.1) is 12.7 Å². The molecule has 0 saturated heterocycles. The van der Waals surface area contributed by atoms with Gasteiger partial charge in [0.2, 0.25) is 0 Å². The first-order chi connectivity index (χ1) is 13.4. The molecule has 1 aliphatic rings. The van der Waals surface area contributed by atoms with Gasteiger partial charge in [-0.25, -0.2) is 31.8 Å². The van der Waals surface area contributed by atoms with Crippen molar-refractivity contribution in [1.82, 2.24) is 9.29 Å². The Bertz CT molecular complexity index is 1160. The molecule has 0 saturated carbocycles.